The first-order valence-electron chi connectivity index (χ1n) is 5.31. The average molecular weight is 258 g/mol. The Morgan fingerprint density at radius 1 is 1.06 bits per heavy atom. The van der Waals surface area contributed by atoms with E-state index in [4.69, 9.17) is 11.6 Å². The highest BCUT2D eigenvalue weighted by atomic mass is 35.5. The number of para-hydroxylation sites is 1. The van der Waals surface area contributed by atoms with E-state index in [0.717, 1.165) is 10.9 Å². The number of halogens is 1. The van der Waals surface area contributed by atoms with E-state index < -0.39 is 0 Å². The highest BCUT2D eigenvalue weighted by molar-refractivity contribution is 6.28. The van der Waals surface area contributed by atoms with Crippen molar-refractivity contribution in [3.05, 3.63) is 48.0 Å². The van der Waals surface area contributed by atoms with Crippen LogP contribution in [0.2, 0.25) is 5.28 Å². The number of nitrogens with zero attached hydrogens (tertiary/aromatic N) is 3. The van der Waals surface area contributed by atoms with Crippen LogP contribution in [-0.2, 0) is 0 Å². The molecule has 0 aliphatic rings. The third kappa shape index (κ3) is 1.87. The van der Waals surface area contributed by atoms with Gasteiger partial charge in [-0.2, -0.15) is 0 Å². The van der Waals surface area contributed by atoms with Gasteiger partial charge in [0.15, 0.2) is 5.75 Å². The van der Waals surface area contributed by atoms with Gasteiger partial charge in [0.25, 0.3) is 0 Å². The van der Waals surface area contributed by atoms with Gasteiger partial charge in [0, 0.05) is 17.1 Å². The summed E-state index contributed by atoms with van der Waals surface area (Å²) in [5, 5.41) is 10.8. The fourth-order valence-electron chi connectivity index (χ4n) is 1.77. The summed E-state index contributed by atoms with van der Waals surface area (Å²) in [4.78, 5) is 12.0. The Labute approximate surface area is 108 Å². The molecule has 0 saturated heterocycles. The molecule has 18 heavy (non-hydrogen) atoms. The molecule has 0 saturated carbocycles. The first kappa shape index (κ1) is 10.9. The van der Waals surface area contributed by atoms with Crippen LogP contribution in [0.5, 0.6) is 5.75 Å². The van der Waals surface area contributed by atoms with Crippen molar-refractivity contribution in [2.45, 2.75) is 0 Å². The van der Waals surface area contributed by atoms with Crippen LogP contribution in [0.15, 0.2) is 42.7 Å². The maximum absolute atomic E-state index is 9.75. The number of aromatic hydroxyl groups is 1. The van der Waals surface area contributed by atoms with Crippen LogP contribution in [0.4, 0.5) is 0 Å². The predicted octanol–water partition coefficient (Wildman–Crippen LogP) is 3.05. The number of benzene rings is 1. The minimum atomic E-state index is -0.0171. The molecule has 3 aromatic rings. The molecule has 0 aliphatic heterocycles. The largest absolute Gasteiger partial charge is 0.504 e. The molecule has 1 aromatic carbocycles. The molecule has 0 spiro atoms. The second kappa shape index (κ2) is 4.23. The lowest BCUT2D eigenvalue weighted by Crippen LogP contribution is -1.89. The van der Waals surface area contributed by atoms with Gasteiger partial charge in [-0.25, -0.2) is 9.97 Å². The van der Waals surface area contributed by atoms with Gasteiger partial charge in [0.1, 0.15) is 5.69 Å². The summed E-state index contributed by atoms with van der Waals surface area (Å²) in [7, 11) is 0. The number of rotatable bonds is 1. The molecule has 0 bridgehead atoms. The summed E-state index contributed by atoms with van der Waals surface area (Å²) in [5.41, 5.74) is 1.98. The zero-order valence-electron chi connectivity index (χ0n) is 9.21. The first-order valence-corrected chi connectivity index (χ1v) is 5.68. The molecule has 1 N–H and O–H groups in total. The lowest BCUT2D eigenvalue weighted by atomic mass is 10.1. The smallest absolute Gasteiger partial charge is 0.223 e. The Hall–Kier alpha value is -2.20. The molecule has 2 aromatic heterocycles. The molecule has 0 atom stereocenters. The Morgan fingerprint density at radius 3 is 2.78 bits per heavy atom. The van der Waals surface area contributed by atoms with E-state index in [0.29, 0.717) is 11.3 Å². The van der Waals surface area contributed by atoms with Gasteiger partial charge < -0.3 is 5.11 Å². The van der Waals surface area contributed by atoms with Crippen LogP contribution < -0.4 is 0 Å². The summed E-state index contributed by atoms with van der Waals surface area (Å²) < 4.78 is 0. The third-order valence-electron chi connectivity index (χ3n) is 2.60. The third-order valence-corrected chi connectivity index (χ3v) is 2.79. The molecule has 88 valence electrons. The van der Waals surface area contributed by atoms with Crippen molar-refractivity contribution in [2.24, 2.45) is 0 Å². The van der Waals surface area contributed by atoms with Crippen LogP contribution in [0.25, 0.3) is 22.2 Å². The quantitative estimate of drug-likeness (QED) is 0.681. The average Bonchev–Trinajstić information content (AvgIpc) is 2.41. The monoisotopic (exact) mass is 257 g/mol. The van der Waals surface area contributed by atoms with Crippen molar-refractivity contribution < 1.29 is 5.11 Å². The molecule has 5 heteroatoms. The van der Waals surface area contributed by atoms with Crippen LogP contribution in [-0.4, -0.2) is 20.1 Å². The lowest BCUT2D eigenvalue weighted by Gasteiger charge is -2.04. The predicted molar refractivity (Wildman–Crippen MR) is 69.4 cm³/mol. The van der Waals surface area contributed by atoms with Crippen LogP contribution in [0.1, 0.15) is 0 Å². The van der Waals surface area contributed by atoms with Crippen molar-refractivity contribution >= 4 is 22.5 Å². The molecule has 4 nitrogen and oxygen atoms in total. The summed E-state index contributed by atoms with van der Waals surface area (Å²) in [6.45, 7) is 0. The fourth-order valence-corrected chi connectivity index (χ4v) is 1.90. The minimum absolute atomic E-state index is 0.0171. The maximum atomic E-state index is 9.75. The zero-order valence-corrected chi connectivity index (χ0v) is 9.96. The van der Waals surface area contributed by atoms with E-state index in [1.165, 1.54) is 6.20 Å². The van der Waals surface area contributed by atoms with Crippen LogP contribution >= 0.6 is 11.6 Å². The fraction of sp³-hybridized carbons (Fsp3) is 0. The number of hydrogen-bond acceptors (Lipinski definition) is 4. The SMILES string of the molecule is Oc1cnc(Cl)nc1-c1cnc2ccccc2c1. The van der Waals surface area contributed by atoms with Gasteiger partial charge in [0.2, 0.25) is 5.28 Å². The van der Waals surface area contributed by atoms with E-state index in [1.54, 1.807) is 6.20 Å². The Balaban J connectivity index is 2.22. The molecule has 0 radical (unpaired) electrons. The Bertz CT molecular complexity index is 730. The topological polar surface area (TPSA) is 58.9 Å². The van der Waals surface area contributed by atoms with Crippen molar-refractivity contribution in [1.82, 2.24) is 15.0 Å². The summed E-state index contributed by atoms with van der Waals surface area (Å²) in [6.07, 6.45) is 2.93. The second-order valence-corrected chi connectivity index (χ2v) is 4.13. The second-order valence-electron chi connectivity index (χ2n) is 3.79. The van der Waals surface area contributed by atoms with E-state index in [9.17, 15) is 5.11 Å². The van der Waals surface area contributed by atoms with Gasteiger partial charge in [-0.3, -0.25) is 4.98 Å². The number of pyridine rings is 1. The number of aromatic nitrogens is 3. The Morgan fingerprint density at radius 2 is 1.89 bits per heavy atom. The van der Waals surface area contributed by atoms with Crippen molar-refractivity contribution in [3.8, 4) is 17.0 Å². The molecule has 0 amide bonds. The zero-order chi connectivity index (χ0) is 12.5. The number of fused-ring (bicyclic) bond motifs is 1. The molecule has 2 heterocycles. The summed E-state index contributed by atoms with van der Waals surface area (Å²) >= 11 is 5.73. The van der Waals surface area contributed by atoms with E-state index in [2.05, 4.69) is 15.0 Å². The highest BCUT2D eigenvalue weighted by Crippen LogP contribution is 2.28. The molecular weight excluding hydrogens is 250 g/mol. The maximum Gasteiger partial charge on any atom is 0.223 e. The molecular formula is C13H8ClN3O. The van der Waals surface area contributed by atoms with Crippen LogP contribution in [0, 0.1) is 0 Å². The molecule has 0 unspecified atom stereocenters. The minimum Gasteiger partial charge on any atom is -0.504 e. The van der Waals surface area contributed by atoms with Gasteiger partial charge in [0.05, 0.1) is 11.7 Å². The van der Waals surface area contributed by atoms with Gasteiger partial charge >= 0.3 is 0 Å². The highest BCUT2D eigenvalue weighted by Gasteiger charge is 2.09. The summed E-state index contributed by atoms with van der Waals surface area (Å²) in [6, 6.07) is 9.63. The van der Waals surface area contributed by atoms with Gasteiger partial charge in [-0.15, -0.1) is 0 Å². The van der Waals surface area contributed by atoms with E-state index in [1.807, 2.05) is 30.3 Å². The molecule has 0 aliphatic carbocycles. The van der Waals surface area contributed by atoms with Gasteiger partial charge in [-0.05, 0) is 23.7 Å². The first-order chi connectivity index (χ1) is 8.74. The van der Waals surface area contributed by atoms with E-state index >= 15 is 0 Å². The molecule has 3 rings (SSSR count). The standard InChI is InChI=1S/C13H8ClN3O/c14-13-16-7-11(18)12(17-13)9-5-8-3-1-2-4-10(8)15-6-9/h1-7,18H. The van der Waals surface area contributed by atoms with Gasteiger partial charge in [-0.1, -0.05) is 18.2 Å². The summed E-state index contributed by atoms with van der Waals surface area (Å²) in [5.74, 6) is -0.0171. The number of hydrogen-bond donors (Lipinski definition) is 1. The van der Waals surface area contributed by atoms with E-state index in [-0.39, 0.29) is 11.0 Å². The lowest BCUT2D eigenvalue weighted by molar-refractivity contribution is 0.472. The van der Waals surface area contributed by atoms with Crippen molar-refractivity contribution in [3.63, 3.8) is 0 Å². The van der Waals surface area contributed by atoms with Crippen molar-refractivity contribution in [1.29, 1.82) is 0 Å². The molecule has 0 fully saturated rings. The van der Waals surface area contributed by atoms with Crippen molar-refractivity contribution in [2.75, 3.05) is 0 Å². The Kier molecular flexibility index (Phi) is 2.57. The normalized spacial score (nSPS) is 10.7. The van der Waals surface area contributed by atoms with Crippen LogP contribution in [0.3, 0.4) is 0 Å².